The Hall–Kier alpha value is -2.95. The van der Waals surface area contributed by atoms with Crippen molar-refractivity contribution < 1.29 is 18.7 Å². The van der Waals surface area contributed by atoms with Crippen LogP contribution in [0.3, 0.4) is 0 Å². The summed E-state index contributed by atoms with van der Waals surface area (Å²) in [6.07, 6.45) is 1.09. The average molecular weight is 351 g/mol. The Labute approximate surface area is 152 Å². The molecule has 5 nitrogen and oxygen atoms in total. The monoisotopic (exact) mass is 351 g/mol. The van der Waals surface area contributed by atoms with Crippen LogP contribution in [0, 0.1) is 0 Å². The van der Waals surface area contributed by atoms with E-state index in [9.17, 15) is 4.79 Å². The lowest BCUT2D eigenvalue weighted by molar-refractivity contribution is -0.132. The number of furan rings is 1. The Morgan fingerprint density at radius 3 is 2.77 bits per heavy atom. The Balaban J connectivity index is 1.40. The number of ether oxygens (including phenoxy) is 2. The quantitative estimate of drug-likeness (QED) is 0.687. The van der Waals surface area contributed by atoms with Gasteiger partial charge in [-0.1, -0.05) is 24.3 Å². The molecule has 1 aromatic heterocycles. The van der Waals surface area contributed by atoms with Gasteiger partial charge in [0.2, 0.25) is 12.7 Å². The normalized spacial score (nSPS) is 13.8. The van der Waals surface area contributed by atoms with E-state index < -0.39 is 0 Å². The number of hydrogen-bond acceptors (Lipinski definition) is 4. The summed E-state index contributed by atoms with van der Waals surface area (Å²) in [7, 11) is 1.82. The van der Waals surface area contributed by atoms with Crippen molar-refractivity contribution in [3.63, 3.8) is 0 Å². The van der Waals surface area contributed by atoms with Gasteiger partial charge >= 0.3 is 0 Å². The van der Waals surface area contributed by atoms with Gasteiger partial charge < -0.3 is 18.8 Å². The van der Waals surface area contributed by atoms with Gasteiger partial charge in [0.25, 0.3) is 0 Å². The average Bonchev–Trinajstić information content (AvgIpc) is 3.30. The highest BCUT2D eigenvalue weighted by atomic mass is 16.7. The molecule has 0 radical (unpaired) electrons. The van der Waals surface area contributed by atoms with Crippen molar-refractivity contribution in [1.82, 2.24) is 4.90 Å². The van der Waals surface area contributed by atoms with Gasteiger partial charge in [-0.25, -0.2) is 0 Å². The minimum absolute atomic E-state index is 0.0793. The first-order valence-corrected chi connectivity index (χ1v) is 8.74. The van der Waals surface area contributed by atoms with Crippen LogP contribution < -0.4 is 9.47 Å². The van der Waals surface area contributed by atoms with Gasteiger partial charge in [0, 0.05) is 18.9 Å². The van der Waals surface area contributed by atoms with Crippen LogP contribution in [0.4, 0.5) is 0 Å². The molecular formula is C21H21NO4. The number of carbonyl (C=O) groups is 1. The van der Waals surface area contributed by atoms with Crippen LogP contribution in [0.15, 0.2) is 52.9 Å². The Bertz CT molecular complexity index is 913. The first kappa shape index (κ1) is 16.5. The molecule has 3 aromatic rings. The molecule has 1 aliphatic rings. The zero-order valence-electron chi connectivity index (χ0n) is 14.9. The minimum atomic E-state index is -0.119. The molecule has 0 bridgehead atoms. The molecule has 134 valence electrons. The van der Waals surface area contributed by atoms with Gasteiger partial charge in [-0.3, -0.25) is 4.79 Å². The maximum atomic E-state index is 12.6. The maximum Gasteiger partial charge on any atom is 0.231 e. The SMILES string of the molecule is C[C@@H](c1cc2ccccc2o1)N(C)C(=O)CCc1ccc2c(c1)OCO2. The topological polar surface area (TPSA) is 51.9 Å². The largest absolute Gasteiger partial charge is 0.459 e. The van der Waals surface area contributed by atoms with Crippen LogP contribution in [0.1, 0.15) is 30.7 Å². The van der Waals surface area contributed by atoms with Gasteiger partial charge in [0.05, 0.1) is 6.04 Å². The smallest absolute Gasteiger partial charge is 0.231 e. The molecule has 1 atom stereocenters. The second-order valence-electron chi connectivity index (χ2n) is 6.55. The lowest BCUT2D eigenvalue weighted by Crippen LogP contribution is -2.29. The third-order valence-electron chi connectivity index (χ3n) is 4.90. The highest BCUT2D eigenvalue weighted by Crippen LogP contribution is 2.33. The fraction of sp³-hybridized carbons (Fsp3) is 0.286. The number of amides is 1. The molecule has 26 heavy (non-hydrogen) atoms. The fourth-order valence-corrected chi connectivity index (χ4v) is 3.14. The summed E-state index contributed by atoms with van der Waals surface area (Å²) in [6, 6.07) is 15.6. The van der Waals surface area contributed by atoms with Gasteiger partial charge in [-0.2, -0.15) is 0 Å². The zero-order chi connectivity index (χ0) is 18.1. The van der Waals surface area contributed by atoms with Crippen molar-refractivity contribution in [3.05, 3.63) is 59.9 Å². The van der Waals surface area contributed by atoms with Crippen molar-refractivity contribution in [2.75, 3.05) is 13.8 Å². The lowest BCUT2D eigenvalue weighted by Gasteiger charge is -2.23. The Kier molecular flexibility index (Phi) is 4.29. The third-order valence-corrected chi connectivity index (χ3v) is 4.90. The number of aryl methyl sites for hydroxylation is 1. The molecule has 5 heteroatoms. The van der Waals surface area contributed by atoms with Crippen molar-refractivity contribution in [1.29, 1.82) is 0 Å². The van der Waals surface area contributed by atoms with Gasteiger partial charge in [-0.05, 0) is 43.2 Å². The minimum Gasteiger partial charge on any atom is -0.459 e. The molecule has 4 rings (SSSR count). The Morgan fingerprint density at radius 2 is 1.92 bits per heavy atom. The molecule has 2 heterocycles. The lowest BCUT2D eigenvalue weighted by atomic mass is 10.1. The molecule has 0 N–H and O–H groups in total. The number of rotatable bonds is 5. The van der Waals surface area contributed by atoms with E-state index in [0.29, 0.717) is 12.8 Å². The van der Waals surface area contributed by atoms with Gasteiger partial charge in [0.1, 0.15) is 11.3 Å². The van der Waals surface area contributed by atoms with Crippen molar-refractivity contribution >= 4 is 16.9 Å². The summed E-state index contributed by atoms with van der Waals surface area (Å²) in [5, 5.41) is 1.05. The second-order valence-corrected chi connectivity index (χ2v) is 6.55. The predicted octanol–water partition coefficient (Wildman–Crippen LogP) is 4.31. The van der Waals surface area contributed by atoms with E-state index in [0.717, 1.165) is 33.8 Å². The summed E-state index contributed by atoms with van der Waals surface area (Å²) in [4.78, 5) is 14.3. The second kappa shape index (κ2) is 6.75. The maximum absolute atomic E-state index is 12.6. The van der Waals surface area contributed by atoms with Crippen LogP contribution in [-0.4, -0.2) is 24.6 Å². The molecule has 2 aromatic carbocycles. The van der Waals surface area contributed by atoms with E-state index in [-0.39, 0.29) is 18.7 Å². The molecule has 1 aliphatic heterocycles. The number of benzene rings is 2. The van der Waals surface area contributed by atoms with E-state index >= 15 is 0 Å². The number of para-hydroxylation sites is 1. The van der Waals surface area contributed by atoms with Crippen molar-refractivity contribution in [2.24, 2.45) is 0 Å². The molecule has 1 amide bonds. The van der Waals surface area contributed by atoms with Crippen molar-refractivity contribution in [2.45, 2.75) is 25.8 Å². The molecular weight excluding hydrogens is 330 g/mol. The molecule has 0 saturated heterocycles. The highest BCUT2D eigenvalue weighted by molar-refractivity contribution is 5.79. The number of fused-ring (bicyclic) bond motifs is 2. The number of carbonyl (C=O) groups excluding carboxylic acids is 1. The predicted molar refractivity (Wildman–Crippen MR) is 98.3 cm³/mol. The molecule has 0 aliphatic carbocycles. The molecule has 0 saturated carbocycles. The fourth-order valence-electron chi connectivity index (χ4n) is 3.14. The first-order valence-electron chi connectivity index (χ1n) is 8.74. The van der Waals surface area contributed by atoms with E-state index in [1.807, 2.05) is 62.5 Å². The number of hydrogen-bond donors (Lipinski definition) is 0. The van der Waals surface area contributed by atoms with Crippen LogP contribution in [0.25, 0.3) is 11.0 Å². The van der Waals surface area contributed by atoms with Crippen LogP contribution in [0.2, 0.25) is 0 Å². The zero-order valence-corrected chi connectivity index (χ0v) is 14.9. The van der Waals surface area contributed by atoms with Crippen LogP contribution in [-0.2, 0) is 11.2 Å². The summed E-state index contributed by atoms with van der Waals surface area (Å²) in [5.41, 5.74) is 1.91. The summed E-state index contributed by atoms with van der Waals surface area (Å²) in [5.74, 6) is 2.38. The molecule has 0 unspecified atom stereocenters. The van der Waals surface area contributed by atoms with Crippen LogP contribution in [0.5, 0.6) is 11.5 Å². The molecule has 0 fully saturated rings. The van der Waals surface area contributed by atoms with E-state index in [4.69, 9.17) is 13.9 Å². The van der Waals surface area contributed by atoms with E-state index in [1.54, 1.807) is 4.90 Å². The van der Waals surface area contributed by atoms with Crippen molar-refractivity contribution in [3.8, 4) is 11.5 Å². The summed E-state index contributed by atoms with van der Waals surface area (Å²) in [6.45, 7) is 2.24. The molecule has 0 spiro atoms. The summed E-state index contributed by atoms with van der Waals surface area (Å²) >= 11 is 0. The van der Waals surface area contributed by atoms with E-state index in [2.05, 4.69) is 0 Å². The number of nitrogens with zero attached hydrogens (tertiary/aromatic N) is 1. The van der Waals surface area contributed by atoms with Crippen LogP contribution >= 0.6 is 0 Å². The summed E-state index contributed by atoms with van der Waals surface area (Å²) < 4.78 is 16.6. The van der Waals surface area contributed by atoms with E-state index in [1.165, 1.54) is 0 Å². The van der Waals surface area contributed by atoms with Gasteiger partial charge in [-0.15, -0.1) is 0 Å². The third kappa shape index (κ3) is 3.12. The Morgan fingerprint density at radius 1 is 1.12 bits per heavy atom. The standard InChI is InChI=1S/C21H21NO4/c1-14(19-12-16-5-3-4-6-17(16)26-19)22(2)21(23)10-8-15-7-9-18-20(11-15)25-13-24-18/h3-7,9,11-12,14H,8,10,13H2,1-2H3/t14-/m0/s1. The first-order chi connectivity index (χ1) is 12.6. The highest BCUT2D eigenvalue weighted by Gasteiger charge is 2.21. The van der Waals surface area contributed by atoms with Gasteiger partial charge in [0.15, 0.2) is 11.5 Å².